The summed E-state index contributed by atoms with van der Waals surface area (Å²) in [4.78, 5) is 12.9. The zero-order valence-electron chi connectivity index (χ0n) is 15.4. The van der Waals surface area contributed by atoms with Crippen LogP contribution in [0.25, 0.3) is 0 Å². The number of carbonyl (C=O) groups is 1. The van der Waals surface area contributed by atoms with Crippen LogP contribution in [0.4, 0.5) is 10.1 Å². The zero-order valence-corrected chi connectivity index (χ0v) is 16.2. The van der Waals surface area contributed by atoms with Crippen molar-refractivity contribution in [1.29, 1.82) is 5.26 Å². The number of benzene rings is 1. The van der Waals surface area contributed by atoms with Crippen LogP contribution in [0.5, 0.6) is 0 Å². The maximum absolute atomic E-state index is 13.5. The lowest BCUT2D eigenvalue weighted by atomic mass is 9.94. The van der Waals surface area contributed by atoms with Crippen LogP contribution in [-0.2, 0) is 23.5 Å². The highest BCUT2D eigenvalue weighted by molar-refractivity contribution is 7.89. The van der Waals surface area contributed by atoms with Crippen molar-refractivity contribution in [3.05, 3.63) is 59.7 Å². The van der Waals surface area contributed by atoms with Crippen LogP contribution >= 0.6 is 0 Å². The van der Waals surface area contributed by atoms with Gasteiger partial charge in [-0.2, -0.15) is 5.26 Å². The third-order valence-corrected chi connectivity index (χ3v) is 6.47. The Morgan fingerprint density at radius 1 is 1.50 bits per heavy atom. The smallest absolute Gasteiger partial charge is 0.272 e. The molecule has 0 saturated carbocycles. The summed E-state index contributed by atoms with van der Waals surface area (Å²) in [6.45, 7) is 5.42. The number of halogens is 1. The monoisotopic (exact) mass is 402 g/mol. The summed E-state index contributed by atoms with van der Waals surface area (Å²) < 4.78 is 43.1. The van der Waals surface area contributed by atoms with E-state index in [4.69, 9.17) is 5.26 Å². The number of aromatic nitrogens is 1. The van der Waals surface area contributed by atoms with Gasteiger partial charge in [0.05, 0.1) is 5.56 Å². The number of nitrogens with zero attached hydrogens (tertiary/aromatic N) is 2. The van der Waals surface area contributed by atoms with E-state index >= 15 is 0 Å². The van der Waals surface area contributed by atoms with Gasteiger partial charge in [-0.15, -0.1) is 6.58 Å². The normalized spacial score (nSPS) is 20.5. The summed E-state index contributed by atoms with van der Waals surface area (Å²) in [5.74, 6) is -1.23. The first-order valence-corrected chi connectivity index (χ1v) is 9.95. The molecule has 1 aromatic carbocycles. The number of fused-ring (bicyclic) bond motifs is 1. The fourth-order valence-electron chi connectivity index (χ4n) is 3.24. The molecule has 0 radical (unpaired) electrons. The lowest BCUT2D eigenvalue weighted by Gasteiger charge is -2.24. The van der Waals surface area contributed by atoms with Crippen molar-refractivity contribution in [3.63, 3.8) is 0 Å². The van der Waals surface area contributed by atoms with E-state index in [1.165, 1.54) is 29.0 Å². The number of aryl methyl sites for hydroxylation is 1. The van der Waals surface area contributed by atoms with Crippen LogP contribution in [0.15, 0.2) is 41.9 Å². The summed E-state index contributed by atoms with van der Waals surface area (Å²) in [5.41, 5.74) is -0.187. The summed E-state index contributed by atoms with van der Waals surface area (Å²) in [6.07, 6.45) is 3.72. The van der Waals surface area contributed by atoms with E-state index in [1.54, 1.807) is 20.0 Å². The Morgan fingerprint density at radius 2 is 2.21 bits per heavy atom. The van der Waals surface area contributed by atoms with Crippen LogP contribution in [-0.4, -0.2) is 24.4 Å². The standard InChI is InChI=1S/C19H19FN4O3S/c1-4-19(2)8-7-14-16(28(26,27)23-19)11-24(3)17(14)18(25)22-13-5-6-15(20)12(9-13)10-21/h4-6,9,11,23H,1,7-8H2,2-3H3,(H,22,25)/t19-/m0/s1. The molecule has 0 spiro atoms. The van der Waals surface area contributed by atoms with Gasteiger partial charge in [-0.05, 0) is 38.0 Å². The van der Waals surface area contributed by atoms with Crippen LogP contribution in [0.3, 0.4) is 0 Å². The number of sulfonamides is 1. The number of hydrogen-bond donors (Lipinski definition) is 2. The van der Waals surface area contributed by atoms with Gasteiger partial charge >= 0.3 is 0 Å². The number of hydrogen-bond acceptors (Lipinski definition) is 4. The Morgan fingerprint density at radius 3 is 2.86 bits per heavy atom. The highest BCUT2D eigenvalue weighted by Crippen LogP contribution is 2.31. The molecular weight excluding hydrogens is 383 g/mol. The predicted octanol–water partition coefficient (Wildman–Crippen LogP) is 2.46. The third kappa shape index (κ3) is 3.44. The molecule has 2 aromatic rings. The minimum absolute atomic E-state index is 0.0440. The second-order valence-corrected chi connectivity index (χ2v) is 8.57. The van der Waals surface area contributed by atoms with Crippen molar-refractivity contribution < 1.29 is 17.6 Å². The largest absolute Gasteiger partial charge is 0.345 e. The molecule has 3 rings (SSSR count). The third-order valence-electron chi connectivity index (χ3n) is 4.81. The second-order valence-electron chi connectivity index (χ2n) is 6.92. The molecule has 7 nitrogen and oxygen atoms in total. The molecule has 1 amide bonds. The van der Waals surface area contributed by atoms with Crippen molar-refractivity contribution in [3.8, 4) is 6.07 Å². The molecule has 0 unspecified atom stereocenters. The van der Waals surface area contributed by atoms with E-state index in [0.717, 1.165) is 6.07 Å². The summed E-state index contributed by atoms with van der Waals surface area (Å²) >= 11 is 0. The minimum atomic E-state index is -3.84. The van der Waals surface area contributed by atoms with Gasteiger partial charge in [-0.25, -0.2) is 17.5 Å². The van der Waals surface area contributed by atoms with Crippen molar-refractivity contribution in [2.75, 3.05) is 5.32 Å². The minimum Gasteiger partial charge on any atom is -0.345 e. The number of anilines is 1. The van der Waals surface area contributed by atoms with E-state index in [-0.39, 0.29) is 21.8 Å². The van der Waals surface area contributed by atoms with Gasteiger partial charge in [0.1, 0.15) is 22.5 Å². The molecule has 146 valence electrons. The first kappa shape index (κ1) is 19.8. The molecule has 1 aromatic heterocycles. The number of carbonyl (C=O) groups excluding carboxylic acids is 1. The fourth-order valence-corrected chi connectivity index (χ4v) is 4.97. The topological polar surface area (TPSA) is 104 Å². The first-order valence-electron chi connectivity index (χ1n) is 8.47. The van der Waals surface area contributed by atoms with E-state index in [2.05, 4.69) is 16.6 Å². The molecule has 0 bridgehead atoms. The van der Waals surface area contributed by atoms with Crippen LogP contribution in [0.2, 0.25) is 0 Å². The highest BCUT2D eigenvalue weighted by atomic mass is 32.2. The van der Waals surface area contributed by atoms with Gasteiger partial charge in [0, 0.05) is 30.0 Å². The Hall–Kier alpha value is -2.96. The Kier molecular flexibility index (Phi) is 4.87. The molecule has 1 aliphatic rings. The van der Waals surface area contributed by atoms with Crippen LogP contribution < -0.4 is 10.0 Å². The Labute approximate surface area is 162 Å². The summed E-state index contributed by atoms with van der Waals surface area (Å²) in [7, 11) is -2.26. The van der Waals surface area contributed by atoms with Gasteiger partial charge in [0.15, 0.2) is 0 Å². The maximum atomic E-state index is 13.5. The predicted molar refractivity (Wildman–Crippen MR) is 102 cm³/mol. The molecule has 28 heavy (non-hydrogen) atoms. The van der Waals surface area contributed by atoms with Gasteiger partial charge in [0.2, 0.25) is 10.0 Å². The number of rotatable bonds is 3. The number of nitrogens with one attached hydrogen (secondary N) is 2. The molecule has 1 aliphatic heterocycles. The van der Waals surface area contributed by atoms with Crippen molar-refractivity contribution in [2.45, 2.75) is 30.2 Å². The van der Waals surface area contributed by atoms with E-state index < -0.39 is 27.3 Å². The number of amides is 1. The van der Waals surface area contributed by atoms with Crippen molar-refractivity contribution in [2.24, 2.45) is 7.05 Å². The number of nitriles is 1. The Bertz CT molecular complexity index is 1130. The van der Waals surface area contributed by atoms with Crippen LogP contribution in [0, 0.1) is 17.1 Å². The summed E-state index contributed by atoms with van der Waals surface area (Å²) in [5, 5.41) is 11.5. The van der Waals surface area contributed by atoms with Gasteiger partial charge in [-0.1, -0.05) is 6.08 Å². The molecule has 1 atom stereocenters. The van der Waals surface area contributed by atoms with Gasteiger partial charge in [-0.3, -0.25) is 4.79 Å². The first-order chi connectivity index (χ1) is 13.1. The van der Waals surface area contributed by atoms with E-state index in [9.17, 15) is 17.6 Å². The van der Waals surface area contributed by atoms with Gasteiger partial charge < -0.3 is 9.88 Å². The lowest BCUT2D eigenvalue weighted by Crippen LogP contribution is -2.42. The average molecular weight is 402 g/mol. The zero-order chi connectivity index (χ0) is 20.7. The molecule has 0 saturated heterocycles. The van der Waals surface area contributed by atoms with E-state index in [1.807, 2.05) is 0 Å². The molecule has 2 heterocycles. The molecular formula is C19H19FN4O3S. The van der Waals surface area contributed by atoms with Gasteiger partial charge in [0.25, 0.3) is 5.91 Å². The van der Waals surface area contributed by atoms with Crippen molar-refractivity contribution in [1.82, 2.24) is 9.29 Å². The molecule has 0 aliphatic carbocycles. The summed E-state index contributed by atoms with van der Waals surface area (Å²) in [6, 6.07) is 5.36. The van der Waals surface area contributed by atoms with Crippen molar-refractivity contribution >= 4 is 21.6 Å². The SMILES string of the molecule is C=C[C@@]1(C)CCc2c(cn(C)c2C(=O)Nc2ccc(F)c(C#N)c2)S(=O)(=O)N1. The molecule has 2 N–H and O–H groups in total. The lowest BCUT2D eigenvalue weighted by molar-refractivity contribution is 0.101. The second kappa shape index (κ2) is 6.89. The molecule has 9 heteroatoms. The highest BCUT2D eigenvalue weighted by Gasteiger charge is 2.36. The fraction of sp³-hybridized carbons (Fsp3) is 0.263. The van der Waals surface area contributed by atoms with E-state index in [0.29, 0.717) is 18.4 Å². The maximum Gasteiger partial charge on any atom is 0.272 e. The quantitative estimate of drug-likeness (QED) is 0.770. The Balaban J connectivity index is 2.01. The average Bonchev–Trinajstić information content (AvgIpc) is 2.94. The molecule has 0 fully saturated rings. The van der Waals surface area contributed by atoms with Crippen LogP contribution in [0.1, 0.15) is 35.0 Å².